The molecule has 1 unspecified atom stereocenters. The molecule has 3 aromatic heterocycles. The molecule has 2 aliphatic heterocycles. The van der Waals surface area contributed by atoms with Crippen molar-refractivity contribution in [2.75, 3.05) is 24.3 Å². The van der Waals surface area contributed by atoms with Crippen LogP contribution in [0.15, 0.2) is 32.9 Å². The zero-order valence-corrected chi connectivity index (χ0v) is 27.9. The van der Waals surface area contributed by atoms with Gasteiger partial charge in [-0.2, -0.15) is 22.7 Å². The van der Waals surface area contributed by atoms with Crippen LogP contribution in [0.25, 0.3) is 5.78 Å². The maximum Gasteiger partial charge on any atom is 0.453 e. The van der Waals surface area contributed by atoms with E-state index in [4.69, 9.17) is 21.2 Å². The third-order valence-electron chi connectivity index (χ3n) is 6.86. The first kappa shape index (κ1) is 35.8. The minimum Gasteiger partial charge on any atom is -0.477 e. The molecule has 18 nitrogen and oxygen atoms in total. The number of carboxylic acids is 1. The van der Waals surface area contributed by atoms with E-state index in [1.807, 2.05) is 5.43 Å². The number of aliphatic carboxylic acids is 1. The summed E-state index contributed by atoms with van der Waals surface area (Å²) < 4.78 is 45.7. The molecule has 24 heteroatoms. The van der Waals surface area contributed by atoms with E-state index < -0.39 is 58.4 Å². The molecule has 2 aliphatic rings. The number of halogens is 3. The number of carbonyl (C=O) groups excluding carboxylic acids is 3. The van der Waals surface area contributed by atoms with Crippen LogP contribution in [0.1, 0.15) is 31.1 Å². The maximum atomic E-state index is 13.4. The number of hydrazine groups is 1. The second kappa shape index (κ2) is 13.8. The van der Waals surface area contributed by atoms with E-state index >= 15 is 0 Å². The number of hydrogen-bond acceptors (Lipinski definition) is 16. The highest BCUT2D eigenvalue weighted by molar-refractivity contribution is 8.01. The Labute approximate surface area is 285 Å². The van der Waals surface area contributed by atoms with Gasteiger partial charge < -0.3 is 25.7 Å². The molecule has 1 fully saturated rings. The number of thiazole rings is 1. The summed E-state index contributed by atoms with van der Waals surface area (Å²) in [7, 11) is 1.35. The van der Waals surface area contributed by atoms with Crippen LogP contribution in [-0.2, 0) is 41.5 Å². The fraction of sp³-hybridized carbons (Fsp3) is 0.400. The number of nitrogen functional groups attached to an aromatic ring is 1. The second-order valence-electron chi connectivity index (χ2n) is 10.7. The van der Waals surface area contributed by atoms with Crippen molar-refractivity contribution >= 4 is 75.2 Å². The number of nitrogens with zero attached hydrogens (tertiary/aromatic N) is 7. The molecule has 2 atom stereocenters. The van der Waals surface area contributed by atoms with Crippen molar-refractivity contribution in [1.82, 2.24) is 40.2 Å². The number of amides is 3. The van der Waals surface area contributed by atoms with Crippen LogP contribution >= 0.6 is 34.9 Å². The average molecular weight is 746 g/mol. The fourth-order valence-corrected chi connectivity index (χ4v) is 7.44. The lowest BCUT2D eigenvalue weighted by Crippen LogP contribution is -2.71. The predicted octanol–water partition coefficient (Wildman–Crippen LogP) is 0.348. The number of nitrogens with one attached hydrogen (secondary N) is 2. The summed E-state index contributed by atoms with van der Waals surface area (Å²) in [6, 6.07) is 0.275. The first-order valence-corrected chi connectivity index (χ1v) is 16.6. The zero-order valence-electron chi connectivity index (χ0n) is 25.5. The lowest BCUT2D eigenvalue weighted by molar-refractivity contribution is -0.150. The van der Waals surface area contributed by atoms with Gasteiger partial charge in [-0.25, -0.2) is 20.6 Å². The SMILES string of the molecule is COCc1cc(SCC2=C(C(=O)O)N3C(=O)C(NC(=O)C(=NOC(C)(C)C(=O)NN)c4csc(N)n4)[C@@H]3SC2)nc2nc(C(F)(F)F)nn12. The van der Waals surface area contributed by atoms with Gasteiger partial charge in [-0.15, -0.1) is 40.0 Å². The molecule has 3 amide bonds. The monoisotopic (exact) mass is 745 g/mol. The topological polar surface area (TPSA) is 255 Å². The molecule has 0 aliphatic carbocycles. The number of rotatable bonds is 12. The Morgan fingerprint density at radius 1 is 1.24 bits per heavy atom. The highest BCUT2D eigenvalue weighted by Gasteiger charge is 2.54. The highest BCUT2D eigenvalue weighted by Crippen LogP contribution is 2.41. The second-order valence-corrected chi connectivity index (χ2v) is 13.6. The van der Waals surface area contributed by atoms with E-state index in [0.717, 1.165) is 32.5 Å². The Bertz CT molecular complexity index is 1900. The minimum atomic E-state index is -4.81. The van der Waals surface area contributed by atoms with Gasteiger partial charge in [0.05, 0.1) is 12.3 Å². The molecule has 49 heavy (non-hydrogen) atoms. The summed E-state index contributed by atoms with van der Waals surface area (Å²) in [4.78, 5) is 69.1. The van der Waals surface area contributed by atoms with Crippen molar-refractivity contribution in [3.05, 3.63) is 39.9 Å². The molecule has 0 saturated carbocycles. The first-order valence-electron chi connectivity index (χ1n) is 13.7. The van der Waals surface area contributed by atoms with Crippen molar-refractivity contribution in [2.45, 2.75) is 48.7 Å². The Morgan fingerprint density at radius 2 is 1.98 bits per heavy atom. The molecule has 0 bridgehead atoms. The van der Waals surface area contributed by atoms with Gasteiger partial charge in [0.15, 0.2) is 10.8 Å². The van der Waals surface area contributed by atoms with Crippen molar-refractivity contribution in [2.24, 2.45) is 11.0 Å². The Kier molecular flexibility index (Phi) is 10.1. The largest absolute Gasteiger partial charge is 0.477 e. The minimum absolute atomic E-state index is 0.00355. The van der Waals surface area contributed by atoms with Crippen LogP contribution in [0, 0.1) is 0 Å². The number of oxime groups is 1. The van der Waals surface area contributed by atoms with Gasteiger partial charge in [0, 0.05) is 24.0 Å². The van der Waals surface area contributed by atoms with Crippen LogP contribution < -0.4 is 22.3 Å². The number of ether oxygens (including phenoxy) is 1. The lowest BCUT2D eigenvalue weighted by Gasteiger charge is -2.49. The molecular formula is C25H26F3N11O7S3. The normalized spacial score (nSPS) is 18.3. The molecule has 3 aromatic rings. The van der Waals surface area contributed by atoms with E-state index in [1.54, 1.807) is 0 Å². The summed E-state index contributed by atoms with van der Waals surface area (Å²) in [6.07, 6.45) is -4.81. The van der Waals surface area contributed by atoms with Crippen molar-refractivity contribution in [1.29, 1.82) is 0 Å². The Balaban J connectivity index is 1.34. The molecular weight excluding hydrogens is 720 g/mol. The van der Waals surface area contributed by atoms with Gasteiger partial charge >= 0.3 is 12.1 Å². The van der Waals surface area contributed by atoms with Gasteiger partial charge in [-0.1, -0.05) is 5.16 Å². The van der Waals surface area contributed by atoms with Crippen molar-refractivity contribution in [3.63, 3.8) is 0 Å². The van der Waals surface area contributed by atoms with E-state index in [-0.39, 0.29) is 51.1 Å². The van der Waals surface area contributed by atoms with Gasteiger partial charge in [-0.05, 0) is 25.5 Å². The molecule has 5 rings (SSSR count). The predicted molar refractivity (Wildman–Crippen MR) is 167 cm³/mol. The summed E-state index contributed by atoms with van der Waals surface area (Å²) in [6.45, 7) is 2.58. The molecule has 0 radical (unpaired) electrons. The van der Waals surface area contributed by atoms with Gasteiger partial charge in [0.2, 0.25) is 5.60 Å². The number of carboxylic acid groups (broad SMARTS) is 1. The third kappa shape index (κ3) is 7.26. The average Bonchev–Trinajstić information content (AvgIpc) is 3.68. The van der Waals surface area contributed by atoms with Crippen molar-refractivity contribution < 1.29 is 47.0 Å². The van der Waals surface area contributed by atoms with Gasteiger partial charge in [0.1, 0.15) is 27.8 Å². The number of fused-ring (bicyclic) bond motifs is 2. The summed E-state index contributed by atoms with van der Waals surface area (Å²) in [5.74, 6) is -0.190. The standard InChI is InChI=1S/C25H26F3N11O7S3/c1-24(2,21(44)35-30)46-37-13(11-8-49-22(29)31-11)16(40)33-14-17(41)38-15(19(42)43)9(7-48-18(14)38)6-47-12-4-10(5-45-3)39-23(32-12)34-20(36-39)25(26,27)28/h4,8,14,18H,5-7,30H2,1-3H3,(H2,29,31)(H,33,40)(H,35,44)(H,42,43)/t14?,18-/m0/s1. The number of anilines is 1. The highest BCUT2D eigenvalue weighted by atomic mass is 32.2. The fourth-order valence-electron chi connectivity index (χ4n) is 4.49. The van der Waals surface area contributed by atoms with Crippen LogP contribution in [-0.4, -0.2) is 99.6 Å². The molecule has 5 heterocycles. The maximum absolute atomic E-state index is 13.4. The van der Waals surface area contributed by atoms with Crippen LogP contribution in [0.5, 0.6) is 0 Å². The molecule has 1 saturated heterocycles. The van der Waals surface area contributed by atoms with E-state index in [1.165, 1.54) is 44.2 Å². The van der Waals surface area contributed by atoms with E-state index in [2.05, 4.69) is 30.5 Å². The van der Waals surface area contributed by atoms with Crippen molar-refractivity contribution in [3.8, 4) is 0 Å². The first-order chi connectivity index (χ1) is 23.0. The Hall–Kier alpha value is -4.52. The zero-order chi connectivity index (χ0) is 35.8. The smallest absolute Gasteiger partial charge is 0.453 e. The summed E-state index contributed by atoms with van der Waals surface area (Å²) in [5.41, 5.74) is 5.87. The number of thioether (sulfide) groups is 2. The van der Waals surface area contributed by atoms with Gasteiger partial charge in [-0.3, -0.25) is 24.7 Å². The number of hydrogen-bond donors (Lipinski definition) is 5. The molecule has 0 spiro atoms. The summed E-state index contributed by atoms with van der Waals surface area (Å²) in [5, 5.41) is 20.8. The van der Waals surface area contributed by atoms with E-state index in [9.17, 15) is 37.5 Å². The van der Waals surface area contributed by atoms with Gasteiger partial charge in [0.25, 0.3) is 29.3 Å². The summed E-state index contributed by atoms with van der Waals surface area (Å²) >= 11 is 3.20. The molecule has 7 N–H and O–H groups in total. The van der Waals surface area contributed by atoms with E-state index in [0.29, 0.717) is 5.57 Å². The molecule has 262 valence electrons. The number of methoxy groups -OCH3 is 1. The number of nitrogens with two attached hydrogens (primary N) is 2. The Morgan fingerprint density at radius 3 is 2.59 bits per heavy atom. The quantitative estimate of drug-likeness (QED) is 0.0319. The van der Waals surface area contributed by atoms with Crippen LogP contribution in [0.2, 0.25) is 0 Å². The van der Waals surface area contributed by atoms with Crippen LogP contribution in [0.4, 0.5) is 18.3 Å². The number of carbonyl (C=O) groups is 4. The number of alkyl halides is 3. The number of aromatic nitrogens is 5. The molecule has 0 aromatic carbocycles. The number of β-lactam (4-membered cyclic amide) rings is 1. The third-order valence-corrected chi connectivity index (χ3v) is 9.87. The lowest BCUT2D eigenvalue weighted by atomic mass is 10.0. The van der Waals surface area contributed by atoms with Crippen LogP contribution in [0.3, 0.4) is 0 Å².